The van der Waals surface area contributed by atoms with Gasteiger partial charge in [0.2, 0.25) is 0 Å². The molecule has 3 atom stereocenters. The lowest BCUT2D eigenvalue weighted by Gasteiger charge is -2.19. The van der Waals surface area contributed by atoms with Crippen molar-refractivity contribution >= 4 is 26.0 Å². The van der Waals surface area contributed by atoms with Crippen LogP contribution in [0.15, 0.2) is 10.6 Å². The maximum absolute atomic E-state index is 12.0. The summed E-state index contributed by atoms with van der Waals surface area (Å²) in [6.07, 6.45) is -0.481. The van der Waals surface area contributed by atoms with E-state index in [4.69, 9.17) is 4.74 Å². The number of hydrogen-bond donors (Lipinski definition) is 0. The standard InChI is InChI=1S/C7H6BrF3O4S/c8-4-1-3-2-5(6(4)14-3)15-16(12,13)7(9,10)11/h1,3,5-6H,2H2/t3-,5+,6+/m1/s1. The van der Waals surface area contributed by atoms with Crippen LogP contribution < -0.4 is 0 Å². The summed E-state index contributed by atoms with van der Waals surface area (Å²) in [7, 11) is -5.56. The highest BCUT2D eigenvalue weighted by atomic mass is 79.9. The maximum atomic E-state index is 12.0. The number of fused-ring (bicyclic) bond motifs is 2. The molecular formula is C7H6BrF3O4S. The van der Waals surface area contributed by atoms with Crippen molar-refractivity contribution in [2.75, 3.05) is 0 Å². The van der Waals surface area contributed by atoms with Crippen LogP contribution in [-0.2, 0) is 19.0 Å². The first-order valence-corrected chi connectivity index (χ1v) is 6.43. The van der Waals surface area contributed by atoms with E-state index in [0.29, 0.717) is 4.48 Å². The average molecular weight is 323 g/mol. The maximum Gasteiger partial charge on any atom is 0.523 e. The van der Waals surface area contributed by atoms with Crippen LogP contribution in [0.3, 0.4) is 0 Å². The Labute approximate surface area is 97.7 Å². The largest absolute Gasteiger partial charge is 0.523 e. The van der Waals surface area contributed by atoms with Crippen LogP contribution in [0, 0.1) is 0 Å². The molecule has 0 aromatic carbocycles. The van der Waals surface area contributed by atoms with E-state index < -0.39 is 27.8 Å². The highest BCUT2D eigenvalue weighted by molar-refractivity contribution is 9.11. The van der Waals surface area contributed by atoms with Gasteiger partial charge in [-0.25, -0.2) is 0 Å². The molecule has 2 aliphatic heterocycles. The molecule has 0 saturated carbocycles. The van der Waals surface area contributed by atoms with Gasteiger partial charge in [0.15, 0.2) is 0 Å². The number of rotatable bonds is 2. The van der Waals surface area contributed by atoms with Crippen LogP contribution in [-0.4, -0.2) is 32.2 Å². The van der Waals surface area contributed by atoms with Crippen molar-refractivity contribution in [2.24, 2.45) is 0 Å². The first-order chi connectivity index (χ1) is 7.21. The van der Waals surface area contributed by atoms with E-state index in [-0.39, 0.29) is 12.5 Å². The molecule has 16 heavy (non-hydrogen) atoms. The summed E-state index contributed by atoms with van der Waals surface area (Å²) in [4.78, 5) is 0. The molecule has 0 aromatic heterocycles. The van der Waals surface area contributed by atoms with Crippen LogP contribution >= 0.6 is 15.9 Å². The zero-order valence-electron chi connectivity index (χ0n) is 7.57. The van der Waals surface area contributed by atoms with Crippen molar-refractivity contribution in [3.05, 3.63) is 10.6 Å². The van der Waals surface area contributed by atoms with Gasteiger partial charge in [-0.2, -0.15) is 21.6 Å². The molecule has 92 valence electrons. The number of alkyl halides is 3. The smallest absolute Gasteiger partial charge is 0.363 e. The predicted octanol–water partition coefficient (Wildman–Crippen LogP) is 1.67. The highest BCUT2D eigenvalue weighted by Gasteiger charge is 2.52. The van der Waals surface area contributed by atoms with Gasteiger partial charge in [0.05, 0.1) is 6.10 Å². The van der Waals surface area contributed by atoms with Gasteiger partial charge in [-0.3, -0.25) is 4.18 Å². The second kappa shape index (κ2) is 3.69. The number of ether oxygens (including phenoxy) is 1. The van der Waals surface area contributed by atoms with E-state index in [0.717, 1.165) is 0 Å². The summed E-state index contributed by atoms with van der Waals surface area (Å²) < 4.78 is 67.4. The van der Waals surface area contributed by atoms with Crippen molar-refractivity contribution in [3.63, 3.8) is 0 Å². The first kappa shape index (κ1) is 12.3. The summed E-state index contributed by atoms with van der Waals surface area (Å²) in [5.41, 5.74) is -5.40. The Bertz CT molecular complexity index is 429. The Morgan fingerprint density at radius 3 is 2.56 bits per heavy atom. The predicted molar refractivity (Wildman–Crippen MR) is 50.1 cm³/mol. The fraction of sp³-hybridized carbons (Fsp3) is 0.714. The number of halogens is 4. The van der Waals surface area contributed by atoms with Crippen LogP contribution in [0.4, 0.5) is 13.2 Å². The van der Waals surface area contributed by atoms with E-state index >= 15 is 0 Å². The fourth-order valence-corrected chi connectivity index (χ4v) is 2.92. The minimum atomic E-state index is -5.56. The van der Waals surface area contributed by atoms with E-state index in [2.05, 4.69) is 20.1 Å². The van der Waals surface area contributed by atoms with E-state index in [9.17, 15) is 21.6 Å². The molecule has 2 aliphatic rings. The third-order valence-electron chi connectivity index (χ3n) is 2.27. The van der Waals surface area contributed by atoms with Crippen molar-refractivity contribution in [2.45, 2.75) is 30.2 Å². The minimum Gasteiger partial charge on any atom is -0.363 e. The highest BCUT2D eigenvalue weighted by Crippen LogP contribution is 2.40. The summed E-state index contributed by atoms with van der Waals surface area (Å²) in [6.45, 7) is 0. The molecule has 0 unspecified atom stereocenters. The van der Waals surface area contributed by atoms with Gasteiger partial charge in [0.25, 0.3) is 0 Å². The molecule has 2 heterocycles. The Morgan fingerprint density at radius 2 is 2.12 bits per heavy atom. The molecule has 0 N–H and O–H groups in total. The molecule has 0 aliphatic carbocycles. The van der Waals surface area contributed by atoms with Gasteiger partial charge in [0, 0.05) is 10.9 Å². The second-order valence-corrected chi connectivity index (χ2v) is 5.90. The van der Waals surface area contributed by atoms with Crippen LogP contribution in [0.2, 0.25) is 0 Å². The van der Waals surface area contributed by atoms with Crippen LogP contribution in [0.25, 0.3) is 0 Å². The van der Waals surface area contributed by atoms with Crippen LogP contribution in [0.1, 0.15) is 6.42 Å². The Morgan fingerprint density at radius 1 is 1.50 bits per heavy atom. The molecule has 1 saturated heterocycles. The lowest BCUT2D eigenvalue weighted by atomic mass is 10.1. The van der Waals surface area contributed by atoms with Gasteiger partial charge in [-0.15, -0.1) is 0 Å². The quantitative estimate of drug-likeness (QED) is 0.573. The average Bonchev–Trinajstić information content (AvgIpc) is 2.58. The molecule has 2 bridgehead atoms. The number of hydrogen-bond acceptors (Lipinski definition) is 4. The van der Waals surface area contributed by atoms with E-state index in [1.807, 2.05) is 0 Å². The molecule has 4 nitrogen and oxygen atoms in total. The SMILES string of the molecule is O=S(=O)(O[C@H]1C[C@H]2C=C(Br)[C@@H]1O2)C(F)(F)F. The van der Waals surface area contributed by atoms with Crippen molar-refractivity contribution in [1.82, 2.24) is 0 Å². The minimum absolute atomic E-state index is 0.106. The molecular weight excluding hydrogens is 317 g/mol. The fourth-order valence-electron chi connectivity index (χ4n) is 1.61. The first-order valence-electron chi connectivity index (χ1n) is 4.23. The van der Waals surface area contributed by atoms with Gasteiger partial charge < -0.3 is 4.74 Å². The Balaban J connectivity index is 2.11. The monoisotopic (exact) mass is 322 g/mol. The zero-order valence-corrected chi connectivity index (χ0v) is 9.97. The van der Waals surface area contributed by atoms with Crippen molar-refractivity contribution < 1.29 is 30.5 Å². The molecule has 9 heteroatoms. The molecule has 0 spiro atoms. The molecule has 2 rings (SSSR count). The van der Waals surface area contributed by atoms with Crippen LogP contribution in [0.5, 0.6) is 0 Å². The lowest BCUT2D eigenvalue weighted by molar-refractivity contribution is -0.0587. The normalized spacial score (nSPS) is 34.2. The second-order valence-electron chi connectivity index (χ2n) is 3.42. The van der Waals surface area contributed by atoms with Crippen molar-refractivity contribution in [1.29, 1.82) is 0 Å². The molecule has 1 fully saturated rings. The lowest BCUT2D eigenvalue weighted by Crippen LogP contribution is -2.34. The summed E-state index contributed by atoms with van der Waals surface area (Å²) in [5.74, 6) is 0. The Kier molecular flexibility index (Phi) is 2.84. The topological polar surface area (TPSA) is 52.6 Å². The third-order valence-corrected chi connectivity index (χ3v) is 4.06. The van der Waals surface area contributed by atoms with Gasteiger partial charge in [0.1, 0.15) is 12.2 Å². The third kappa shape index (κ3) is 2.01. The molecule has 0 radical (unpaired) electrons. The molecule has 0 amide bonds. The zero-order chi connectivity index (χ0) is 12.1. The van der Waals surface area contributed by atoms with Gasteiger partial charge in [-0.05, 0) is 6.08 Å². The van der Waals surface area contributed by atoms with E-state index in [1.54, 1.807) is 6.08 Å². The molecule has 0 aromatic rings. The van der Waals surface area contributed by atoms with Crippen molar-refractivity contribution in [3.8, 4) is 0 Å². The summed E-state index contributed by atoms with van der Waals surface area (Å²) in [5, 5.41) is 0. The van der Waals surface area contributed by atoms with E-state index in [1.165, 1.54) is 0 Å². The van der Waals surface area contributed by atoms with Gasteiger partial charge >= 0.3 is 15.6 Å². The summed E-state index contributed by atoms with van der Waals surface area (Å²) in [6, 6.07) is 0. The summed E-state index contributed by atoms with van der Waals surface area (Å²) >= 11 is 3.07. The van der Waals surface area contributed by atoms with Gasteiger partial charge in [-0.1, -0.05) is 15.9 Å². The Hall–Kier alpha value is -0.120.